The van der Waals surface area contributed by atoms with Gasteiger partial charge in [-0.2, -0.15) is 0 Å². The Morgan fingerprint density at radius 1 is 1.16 bits per heavy atom. The van der Waals surface area contributed by atoms with Crippen molar-refractivity contribution >= 4 is 33.2 Å². The Morgan fingerprint density at radius 3 is 2.72 bits per heavy atom. The van der Waals surface area contributed by atoms with E-state index in [2.05, 4.69) is 16.2 Å². The highest BCUT2D eigenvalue weighted by Gasteiger charge is 2.45. The van der Waals surface area contributed by atoms with Gasteiger partial charge in [0, 0.05) is 23.7 Å². The maximum absolute atomic E-state index is 13.4. The van der Waals surface area contributed by atoms with Crippen LogP contribution in [0, 0.1) is 17.8 Å². The van der Waals surface area contributed by atoms with E-state index in [1.54, 1.807) is 31.2 Å². The van der Waals surface area contributed by atoms with Gasteiger partial charge in [0.2, 0.25) is 10.0 Å². The number of rotatable bonds is 2. The molecule has 0 unspecified atom stereocenters. The Bertz CT molecular complexity index is 1490. The number of nitrogens with one attached hydrogen (secondary N) is 1. The quantitative estimate of drug-likeness (QED) is 0.373. The van der Waals surface area contributed by atoms with Crippen LogP contribution in [0.2, 0.25) is 5.02 Å². The van der Waals surface area contributed by atoms with E-state index in [9.17, 15) is 18.3 Å². The number of carbonyl (C=O) groups excluding carboxylic acids is 1. The second kappa shape index (κ2) is 13.0. The van der Waals surface area contributed by atoms with Gasteiger partial charge in [0.1, 0.15) is 12.4 Å². The van der Waals surface area contributed by atoms with Crippen molar-refractivity contribution < 1.29 is 23.1 Å². The molecule has 2 aliphatic heterocycles. The molecule has 0 aromatic heterocycles. The zero-order chi connectivity index (χ0) is 30.8. The first-order chi connectivity index (χ1) is 20.5. The standard InChI is InChI=1S/C34H43ClN2O5S/c1-4-16-34(39)17-7-8-23(2)24(3)43(40,41)36-33(38)26-12-15-32-31(20-26)37(21-27-11-14-30(27)34)18-6-5-9-25-19-29(35)13-10-28(25)22-42-32/h4,7,10,12-13,15,17,19-20,23-24,27,30,39H,1,5-6,8-9,11,14,16,18,21-22H2,2-3H3,(H,36,38)/b17-7+/t23-,24+,27-,30+,34-/m0/s1. The fourth-order valence-electron chi connectivity index (χ4n) is 6.65. The molecule has 1 saturated carbocycles. The lowest BCUT2D eigenvalue weighted by atomic mass is 9.63. The molecule has 2 aromatic carbocycles. The van der Waals surface area contributed by atoms with Crippen molar-refractivity contribution in [3.63, 3.8) is 0 Å². The third kappa shape index (κ3) is 6.97. The first kappa shape index (κ1) is 31.6. The van der Waals surface area contributed by atoms with Gasteiger partial charge in [0.25, 0.3) is 5.91 Å². The van der Waals surface area contributed by atoms with Crippen LogP contribution in [0.3, 0.4) is 0 Å². The maximum Gasteiger partial charge on any atom is 0.264 e. The number of allylic oxidation sites excluding steroid dienone is 1. The van der Waals surface area contributed by atoms with E-state index < -0.39 is 26.8 Å². The first-order valence-electron chi connectivity index (χ1n) is 15.4. The Balaban J connectivity index is 1.57. The number of hydrogen-bond acceptors (Lipinski definition) is 6. The molecule has 0 spiro atoms. The zero-order valence-electron chi connectivity index (χ0n) is 25.1. The smallest absolute Gasteiger partial charge is 0.264 e. The number of carbonyl (C=O) groups is 1. The molecular formula is C34H43ClN2O5S. The third-order valence-corrected chi connectivity index (χ3v) is 11.8. The molecule has 7 nitrogen and oxygen atoms in total. The SMILES string of the molecule is C=CC[C@]1(O)/C=C/C[C@H](C)[C@@H](C)S(=O)(=O)NC(=O)c2ccc3c(c2)N(CCCCc2cc(Cl)ccc2CO3)C[C@@H]2CC[C@H]21. The average Bonchev–Trinajstić information content (AvgIpc) is 2.97. The summed E-state index contributed by atoms with van der Waals surface area (Å²) in [6.07, 6.45) is 11.0. The van der Waals surface area contributed by atoms with Crippen LogP contribution >= 0.6 is 11.6 Å². The second-order valence-electron chi connectivity index (χ2n) is 12.5. The van der Waals surface area contributed by atoms with Crippen molar-refractivity contribution in [2.75, 3.05) is 18.0 Å². The number of ether oxygens (including phenoxy) is 1. The third-order valence-electron chi connectivity index (χ3n) is 9.66. The molecule has 3 aliphatic rings. The van der Waals surface area contributed by atoms with Crippen LogP contribution in [0.5, 0.6) is 5.75 Å². The summed E-state index contributed by atoms with van der Waals surface area (Å²) in [6.45, 7) is 9.13. The molecule has 1 aliphatic carbocycles. The van der Waals surface area contributed by atoms with Gasteiger partial charge < -0.3 is 14.7 Å². The van der Waals surface area contributed by atoms with E-state index in [4.69, 9.17) is 16.3 Å². The van der Waals surface area contributed by atoms with E-state index in [1.165, 1.54) is 0 Å². The molecule has 5 atom stereocenters. The highest BCUT2D eigenvalue weighted by molar-refractivity contribution is 7.90. The number of hydrogen-bond donors (Lipinski definition) is 2. The van der Waals surface area contributed by atoms with Crippen molar-refractivity contribution in [3.05, 3.63) is 82.9 Å². The minimum Gasteiger partial charge on any atom is -0.487 e. The van der Waals surface area contributed by atoms with Crippen molar-refractivity contribution in [2.45, 2.75) is 76.3 Å². The van der Waals surface area contributed by atoms with Gasteiger partial charge in [-0.1, -0.05) is 42.8 Å². The van der Waals surface area contributed by atoms with Crippen LogP contribution in [-0.4, -0.2) is 43.4 Å². The van der Waals surface area contributed by atoms with Crippen LogP contribution < -0.4 is 14.4 Å². The molecule has 1 fully saturated rings. The summed E-state index contributed by atoms with van der Waals surface area (Å²) >= 11 is 6.32. The molecule has 5 rings (SSSR count). The summed E-state index contributed by atoms with van der Waals surface area (Å²) in [7, 11) is -3.95. The molecule has 0 radical (unpaired) electrons. The summed E-state index contributed by atoms with van der Waals surface area (Å²) in [4.78, 5) is 15.6. The van der Waals surface area contributed by atoms with Gasteiger partial charge in [-0.25, -0.2) is 13.1 Å². The van der Waals surface area contributed by atoms with Gasteiger partial charge >= 0.3 is 0 Å². The summed E-state index contributed by atoms with van der Waals surface area (Å²) < 4.78 is 35.2. The molecular weight excluding hydrogens is 584 g/mol. The van der Waals surface area contributed by atoms with Crippen LogP contribution in [0.1, 0.15) is 73.9 Å². The van der Waals surface area contributed by atoms with E-state index in [0.29, 0.717) is 36.8 Å². The van der Waals surface area contributed by atoms with Crippen molar-refractivity contribution in [1.82, 2.24) is 4.72 Å². The molecule has 232 valence electrons. The fraction of sp³-hybridized carbons (Fsp3) is 0.500. The van der Waals surface area contributed by atoms with E-state index in [0.717, 1.165) is 55.5 Å². The summed E-state index contributed by atoms with van der Waals surface area (Å²) in [5.41, 5.74) is 2.18. The molecule has 2 N–H and O–H groups in total. The van der Waals surface area contributed by atoms with Gasteiger partial charge in [0.15, 0.2) is 0 Å². The van der Waals surface area contributed by atoms with Gasteiger partial charge in [-0.15, -0.1) is 6.58 Å². The van der Waals surface area contributed by atoms with Crippen LogP contribution in [-0.2, 0) is 23.1 Å². The summed E-state index contributed by atoms with van der Waals surface area (Å²) in [5, 5.41) is 11.8. The lowest BCUT2D eigenvalue weighted by Crippen LogP contribution is -2.50. The lowest BCUT2D eigenvalue weighted by molar-refractivity contribution is -0.0427. The lowest BCUT2D eigenvalue weighted by Gasteiger charge is -2.48. The Hall–Kier alpha value is -2.81. The molecule has 2 heterocycles. The van der Waals surface area contributed by atoms with Gasteiger partial charge in [-0.3, -0.25) is 4.79 Å². The van der Waals surface area contributed by atoms with E-state index >= 15 is 0 Å². The van der Waals surface area contributed by atoms with Gasteiger partial charge in [-0.05, 0) is 111 Å². The number of fused-ring (bicyclic) bond motifs is 3. The number of halogens is 1. The Labute approximate surface area is 261 Å². The Kier molecular flexibility index (Phi) is 9.59. The summed E-state index contributed by atoms with van der Waals surface area (Å²) in [6, 6.07) is 11.0. The molecule has 43 heavy (non-hydrogen) atoms. The maximum atomic E-state index is 13.4. The number of nitrogens with zero attached hydrogens (tertiary/aromatic N) is 1. The average molecular weight is 627 g/mol. The van der Waals surface area contributed by atoms with Gasteiger partial charge in [0.05, 0.1) is 16.5 Å². The van der Waals surface area contributed by atoms with Crippen molar-refractivity contribution in [3.8, 4) is 5.75 Å². The number of aryl methyl sites for hydroxylation is 1. The van der Waals surface area contributed by atoms with Crippen molar-refractivity contribution in [1.29, 1.82) is 0 Å². The minimum atomic E-state index is -3.95. The largest absolute Gasteiger partial charge is 0.487 e. The molecule has 2 bridgehead atoms. The number of benzene rings is 2. The highest BCUT2D eigenvalue weighted by Crippen LogP contribution is 2.46. The molecule has 0 saturated heterocycles. The second-order valence-corrected chi connectivity index (χ2v) is 15.0. The zero-order valence-corrected chi connectivity index (χ0v) is 26.7. The number of anilines is 1. The Morgan fingerprint density at radius 2 is 1.98 bits per heavy atom. The topological polar surface area (TPSA) is 95.9 Å². The van der Waals surface area contributed by atoms with Crippen molar-refractivity contribution in [2.24, 2.45) is 17.8 Å². The molecule has 9 heteroatoms. The van der Waals surface area contributed by atoms with E-state index in [1.807, 2.05) is 37.3 Å². The predicted molar refractivity (Wildman–Crippen MR) is 172 cm³/mol. The fourth-order valence-corrected chi connectivity index (χ4v) is 8.13. The number of sulfonamides is 1. The summed E-state index contributed by atoms with van der Waals surface area (Å²) in [5.74, 6) is -0.0333. The predicted octanol–water partition coefficient (Wildman–Crippen LogP) is 6.44. The number of amides is 1. The minimum absolute atomic E-state index is 0.0338. The number of aliphatic hydroxyl groups is 1. The molecule has 1 amide bonds. The van der Waals surface area contributed by atoms with E-state index in [-0.39, 0.29) is 23.3 Å². The normalized spacial score (nSPS) is 30.2. The highest BCUT2D eigenvalue weighted by atomic mass is 35.5. The monoisotopic (exact) mass is 626 g/mol. The van der Waals surface area contributed by atoms with Crippen LogP contribution in [0.15, 0.2) is 61.2 Å². The first-order valence-corrected chi connectivity index (χ1v) is 17.3. The van der Waals surface area contributed by atoms with Crippen LogP contribution in [0.25, 0.3) is 0 Å². The molecule has 2 aromatic rings. The van der Waals surface area contributed by atoms with Crippen LogP contribution in [0.4, 0.5) is 5.69 Å².